The van der Waals surface area contributed by atoms with E-state index in [1.165, 1.54) is 5.69 Å². The highest BCUT2D eigenvalue weighted by Crippen LogP contribution is 2.22. The van der Waals surface area contributed by atoms with Crippen LogP contribution in [0.1, 0.15) is 12.5 Å². The highest BCUT2D eigenvalue weighted by molar-refractivity contribution is 5.87. The molecule has 0 saturated carbocycles. The second-order valence-electron chi connectivity index (χ2n) is 6.18. The summed E-state index contributed by atoms with van der Waals surface area (Å²) in [7, 11) is 0. The van der Waals surface area contributed by atoms with Crippen LogP contribution in [-0.4, -0.2) is 37.0 Å². The van der Waals surface area contributed by atoms with Gasteiger partial charge in [-0.3, -0.25) is 4.79 Å². The summed E-state index contributed by atoms with van der Waals surface area (Å²) in [5, 5.41) is 0. The van der Waals surface area contributed by atoms with Crippen molar-refractivity contribution < 1.29 is 4.79 Å². The van der Waals surface area contributed by atoms with Crippen LogP contribution >= 0.6 is 0 Å². The SMILES string of the molecule is CC(N)(C(=O)N1CCN(c2ccccc2)CC1)c1ccccc1. The van der Waals surface area contributed by atoms with Crippen LogP contribution in [0.5, 0.6) is 0 Å². The highest BCUT2D eigenvalue weighted by atomic mass is 16.2. The van der Waals surface area contributed by atoms with Gasteiger partial charge < -0.3 is 15.5 Å². The van der Waals surface area contributed by atoms with E-state index >= 15 is 0 Å². The standard InChI is InChI=1S/C19H23N3O/c1-19(20,16-8-4-2-5-9-16)18(23)22-14-12-21(13-15-22)17-10-6-3-7-11-17/h2-11H,12-15,20H2,1H3. The van der Waals surface area contributed by atoms with Crippen LogP contribution in [0, 0.1) is 0 Å². The monoisotopic (exact) mass is 309 g/mol. The molecule has 2 aromatic rings. The van der Waals surface area contributed by atoms with Crippen molar-refractivity contribution in [2.75, 3.05) is 31.1 Å². The van der Waals surface area contributed by atoms with Crippen LogP contribution in [0.3, 0.4) is 0 Å². The van der Waals surface area contributed by atoms with E-state index in [-0.39, 0.29) is 5.91 Å². The van der Waals surface area contributed by atoms with E-state index in [4.69, 9.17) is 5.73 Å². The fourth-order valence-corrected chi connectivity index (χ4v) is 3.04. The molecule has 1 aliphatic heterocycles. The molecule has 0 aromatic heterocycles. The minimum atomic E-state index is -0.976. The first-order valence-electron chi connectivity index (χ1n) is 8.03. The molecule has 0 aliphatic carbocycles. The number of rotatable bonds is 3. The maximum Gasteiger partial charge on any atom is 0.247 e. The van der Waals surface area contributed by atoms with Gasteiger partial charge in [0.1, 0.15) is 5.54 Å². The lowest BCUT2D eigenvalue weighted by Gasteiger charge is -2.39. The Labute approximate surface area is 137 Å². The maximum absolute atomic E-state index is 12.8. The number of nitrogens with zero attached hydrogens (tertiary/aromatic N) is 2. The zero-order valence-corrected chi connectivity index (χ0v) is 13.5. The van der Waals surface area contributed by atoms with Crippen molar-refractivity contribution >= 4 is 11.6 Å². The second kappa shape index (κ2) is 6.42. The van der Waals surface area contributed by atoms with E-state index in [9.17, 15) is 4.79 Å². The molecule has 0 bridgehead atoms. The normalized spacial score (nSPS) is 17.7. The number of hydrogen-bond donors (Lipinski definition) is 1. The number of carbonyl (C=O) groups is 1. The number of nitrogens with two attached hydrogens (primary N) is 1. The van der Waals surface area contributed by atoms with Gasteiger partial charge in [0.05, 0.1) is 0 Å². The molecular formula is C19H23N3O. The van der Waals surface area contributed by atoms with Crippen LogP contribution in [0.25, 0.3) is 0 Å². The third-order valence-corrected chi connectivity index (χ3v) is 4.51. The smallest absolute Gasteiger partial charge is 0.247 e. The van der Waals surface area contributed by atoms with Gasteiger partial charge in [-0.1, -0.05) is 48.5 Å². The Morgan fingerprint density at radius 2 is 1.43 bits per heavy atom. The molecule has 2 N–H and O–H groups in total. The van der Waals surface area contributed by atoms with E-state index in [0.717, 1.165) is 18.7 Å². The van der Waals surface area contributed by atoms with Gasteiger partial charge in [-0.25, -0.2) is 0 Å². The van der Waals surface area contributed by atoms with E-state index < -0.39 is 5.54 Å². The molecule has 120 valence electrons. The van der Waals surface area contributed by atoms with Crippen LogP contribution in [0.2, 0.25) is 0 Å². The Morgan fingerprint density at radius 3 is 2.00 bits per heavy atom. The van der Waals surface area contributed by atoms with E-state index in [0.29, 0.717) is 13.1 Å². The average Bonchev–Trinajstić information content (AvgIpc) is 2.63. The molecule has 1 amide bonds. The fourth-order valence-electron chi connectivity index (χ4n) is 3.04. The topological polar surface area (TPSA) is 49.6 Å². The molecule has 0 spiro atoms. The third-order valence-electron chi connectivity index (χ3n) is 4.51. The quantitative estimate of drug-likeness (QED) is 0.946. The molecule has 1 unspecified atom stereocenters. The number of para-hydroxylation sites is 1. The predicted molar refractivity (Wildman–Crippen MR) is 93.2 cm³/mol. The molecular weight excluding hydrogens is 286 g/mol. The summed E-state index contributed by atoms with van der Waals surface area (Å²) in [5.74, 6) is -0.00332. The summed E-state index contributed by atoms with van der Waals surface area (Å²) in [6.07, 6.45) is 0. The lowest BCUT2D eigenvalue weighted by Crippen LogP contribution is -2.56. The van der Waals surface area contributed by atoms with Crippen LogP contribution in [-0.2, 0) is 10.3 Å². The molecule has 4 heteroatoms. The van der Waals surface area contributed by atoms with E-state index in [1.807, 2.05) is 53.4 Å². The molecule has 1 heterocycles. The Kier molecular flexibility index (Phi) is 4.35. The first-order chi connectivity index (χ1) is 11.1. The molecule has 23 heavy (non-hydrogen) atoms. The van der Waals surface area contributed by atoms with Crippen molar-refractivity contribution in [3.05, 3.63) is 66.2 Å². The Balaban J connectivity index is 1.67. The molecule has 0 radical (unpaired) electrons. The van der Waals surface area contributed by atoms with Gasteiger partial charge in [0.2, 0.25) is 5.91 Å². The number of benzene rings is 2. The van der Waals surface area contributed by atoms with Crippen molar-refractivity contribution in [2.45, 2.75) is 12.5 Å². The van der Waals surface area contributed by atoms with Gasteiger partial charge in [0.15, 0.2) is 0 Å². The van der Waals surface area contributed by atoms with Gasteiger partial charge in [-0.15, -0.1) is 0 Å². The van der Waals surface area contributed by atoms with Gasteiger partial charge in [-0.2, -0.15) is 0 Å². The van der Waals surface area contributed by atoms with Gasteiger partial charge in [-0.05, 0) is 24.6 Å². The number of amides is 1. The number of piperazine rings is 1. The van der Waals surface area contributed by atoms with E-state index in [2.05, 4.69) is 17.0 Å². The van der Waals surface area contributed by atoms with Crippen molar-refractivity contribution in [1.29, 1.82) is 0 Å². The van der Waals surface area contributed by atoms with E-state index in [1.54, 1.807) is 6.92 Å². The summed E-state index contributed by atoms with van der Waals surface area (Å²) < 4.78 is 0. The Bertz CT molecular complexity index is 647. The molecule has 4 nitrogen and oxygen atoms in total. The average molecular weight is 309 g/mol. The zero-order chi connectivity index (χ0) is 16.3. The molecule has 1 atom stereocenters. The lowest BCUT2D eigenvalue weighted by atomic mass is 9.91. The molecule has 1 aliphatic rings. The third kappa shape index (κ3) is 3.22. The van der Waals surface area contributed by atoms with Gasteiger partial charge in [0.25, 0.3) is 0 Å². The summed E-state index contributed by atoms with van der Waals surface area (Å²) in [5.41, 5.74) is 7.44. The van der Waals surface area contributed by atoms with Gasteiger partial charge in [0, 0.05) is 31.9 Å². The highest BCUT2D eigenvalue weighted by Gasteiger charge is 2.35. The summed E-state index contributed by atoms with van der Waals surface area (Å²) in [6, 6.07) is 19.9. The predicted octanol–water partition coefficient (Wildman–Crippen LogP) is 2.21. The number of hydrogen-bond acceptors (Lipinski definition) is 3. The van der Waals surface area contributed by atoms with Gasteiger partial charge >= 0.3 is 0 Å². The summed E-state index contributed by atoms with van der Waals surface area (Å²) in [4.78, 5) is 17.0. The largest absolute Gasteiger partial charge is 0.368 e. The van der Waals surface area contributed by atoms with Crippen molar-refractivity contribution in [3.63, 3.8) is 0 Å². The first-order valence-corrected chi connectivity index (χ1v) is 8.03. The van der Waals surface area contributed by atoms with Crippen molar-refractivity contribution in [1.82, 2.24) is 4.90 Å². The number of anilines is 1. The Hall–Kier alpha value is -2.33. The Morgan fingerprint density at radius 1 is 0.913 bits per heavy atom. The van der Waals surface area contributed by atoms with Crippen LogP contribution in [0.15, 0.2) is 60.7 Å². The lowest BCUT2D eigenvalue weighted by molar-refractivity contribution is -0.137. The summed E-state index contributed by atoms with van der Waals surface area (Å²) in [6.45, 7) is 4.87. The van der Waals surface area contributed by atoms with Crippen LogP contribution < -0.4 is 10.6 Å². The van der Waals surface area contributed by atoms with Crippen molar-refractivity contribution in [2.24, 2.45) is 5.73 Å². The van der Waals surface area contributed by atoms with Crippen molar-refractivity contribution in [3.8, 4) is 0 Å². The summed E-state index contributed by atoms with van der Waals surface area (Å²) >= 11 is 0. The number of carbonyl (C=O) groups excluding carboxylic acids is 1. The molecule has 2 aromatic carbocycles. The first kappa shape index (κ1) is 15.6. The van der Waals surface area contributed by atoms with Crippen LogP contribution in [0.4, 0.5) is 5.69 Å². The fraction of sp³-hybridized carbons (Fsp3) is 0.316. The molecule has 1 fully saturated rings. The maximum atomic E-state index is 12.8. The molecule has 1 saturated heterocycles. The second-order valence-corrected chi connectivity index (χ2v) is 6.18. The minimum Gasteiger partial charge on any atom is -0.368 e. The zero-order valence-electron chi connectivity index (χ0n) is 13.5. The molecule has 3 rings (SSSR count). The minimum absolute atomic E-state index is 0.00332.